The van der Waals surface area contributed by atoms with E-state index in [0.717, 1.165) is 97.0 Å². The summed E-state index contributed by atoms with van der Waals surface area (Å²) < 4.78 is 17.9. The number of aliphatic hydroxyl groups excluding tert-OH is 1. The number of hydrogen-bond acceptors (Lipinski definition) is 7. The number of aliphatic hydroxyl groups is 1. The molecule has 2 aliphatic carbocycles. The van der Waals surface area contributed by atoms with Gasteiger partial charge in [0.25, 0.3) is 0 Å². The second kappa shape index (κ2) is 17.7. The van der Waals surface area contributed by atoms with E-state index in [0.29, 0.717) is 39.4 Å². The van der Waals surface area contributed by atoms with Crippen molar-refractivity contribution in [1.29, 1.82) is 0 Å². The Balaban J connectivity index is 0.000000193. The van der Waals surface area contributed by atoms with Gasteiger partial charge in [-0.15, -0.1) is 0 Å². The summed E-state index contributed by atoms with van der Waals surface area (Å²) in [6, 6.07) is 17.6. The molecular formula is C46H58Cl3NO6. The number of benzene rings is 3. The van der Waals surface area contributed by atoms with Crippen LogP contribution in [-0.4, -0.2) is 60.7 Å². The molecule has 2 unspecified atom stereocenters. The molecule has 9 rings (SSSR count). The van der Waals surface area contributed by atoms with Crippen molar-refractivity contribution in [3.05, 3.63) is 91.9 Å². The fourth-order valence-corrected chi connectivity index (χ4v) is 10.5. The summed E-state index contributed by atoms with van der Waals surface area (Å²) in [7, 11) is 1.70. The molecule has 7 nitrogen and oxygen atoms in total. The van der Waals surface area contributed by atoms with Crippen molar-refractivity contribution >= 4 is 46.5 Å². The zero-order valence-electron chi connectivity index (χ0n) is 33.7. The summed E-state index contributed by atoms with van der Waals surface area (Å²) in [6.07, 6.45) is 9.65. The van der Waals surface area contributed by atoms with Crippen LogP contribution in [0.4, 0.5) is 0 Å². The maximum atomic E-state index is 11.5. The van der Waals surface area contributed by atoms with Crippen LogP contribution in [0, 0.1) is 23.7 Å². The smallest absolute Gasteiger partial charge is 0.201 e. The molecule has 5 fully saturated rings. The molecule has 0 aromatic heterocycles. The van der Waals surface area contributed by atoms with E-state index in [2.05, 4.69) is 44.7 Å². The molecule has 1 spiro atoms. The molecule has 1 N–H and O–H groups in total. The van der Waals surface area contributed by atoms with Crippen LogP contribution in [0.15, 0.2) is 54.6 Å². The molecule has 3 aromatic carbocycles. The Bertz CT molecular complexity index is 1860. The van der Waals surface area contributed by atoms with Gasteiger partial charge in [-0.05, 0) is 145 Å². The number of rotatable bonds is 11. The lowest BCUT2D eigenvalue weighted by atomic mass is 9.58. The van der Waals surface area contributed by atoms with Gasteiger partial charge in [0.15, 0.2) is 18.2 Å². The summed E-state index contributed by atoms with van der Waals surface area (Å²) in [6.45, 7) is 13.4. The topological polar surface area (TPSA) is 69.6 Å². The van der Waals surface area contributed by atoms with Gasteiger partial charge in [0.05, 0.1) is 6.10 Å². The minimum atomic E-state index is -0.698. The van der Waals surface area contributed by atoms with E-state index in [9.17, 15) is 5.11 Å². The van der Waals surface area contributed by atoms with Crippen LogP contribution in [0.2, 0.25) is 15.1 Å². The SMILES string of the molecule is CCCCN(CCCC)CC(O)c1cc(Cl)cc2c1-c1ccc(Cl)cc1/C2=C/c1ccc(Cl)cc1.CO[C@H]1O[C@@H]2O[C@@]3(C)CC[C@H]4[C@H](C)CC[C@@H]([C@H]1C)C24OO3. The predicted molar refractivity (Wildman–Crippen MR) is 225 cm³/mol. The van der Waals surface area contributed by atoms with Crippen LogP contribution in [0.25, 0.3) is 22.8 Å². The highest BCUT2D eigenvalue weighted by Crippen LogP contribution is 2.60. The maximum Gasteiger partial charge on any atom is 0.201 e. The van der Waals surface area contributed by atoms with Gasteiger partial charge < -0.3 is 24.2 Å². The second-order valence-electron chi connectivity index (χ2n) is 16.7. The summed E-state index contributed by atoms with van der Waals surface area (Å²) in [5.74, 6) is 0.953. The third-order valence-corrected chi connectivity index (χ3v) is 13.6. The molecular weight excluding hydrogens is 769 g/mol. The fraction of sp³-hybridized carbons (Fsp3) is 0.565. The average Bonchev–Trinajstić information content (AvgIpc) is 3.28. The Morgan fingerprint density at radius 1 is 0.857 bits per heavy atom. The molecule has 1 saturated carbocycles. The van der Waals surface area contributed by atoms with E-state index in [1.54, 1.807) is 7.11 Å². The Hall–Kier alpha value is -2.01. The molecule has 9 atom stereocenters. The molecule has 2 bridgehead atoms. The molecule has 10 heteroatoms. The first kappa shape index (κ1) is 42.1. The van der Waals surface area contributed by atoms with E-state index in [4.69, 9.17) is 58.8 Å². The van der Waals surface area contributed by atoms with Crippen molar-refractivity contribution in [2.45, 2.75) is 116 Å². The van der Waals surface area contributed by atoms with Crippen molar-refractivity contribution < 1.29 is 29.1 Å². The zero-order valence-corrected chi connectivity index (χ0v) is 35.9. The largest absolute Gasteiger partial charge is 0.387 e. The van der Waals surface area contributed by atoms with Crippen molar-refractivity contribution in [3.8, 4) is 11.1 Å². The van der Waals surface area contributed by atoms with Crippen LogP contribution >= 0.6 is 34.8 Å². The lowest BCUT2D eigenvalue weighted by Gasteiger charge is -2.60. The van der Waals surface area contributed by atoms with Gasteiger partial charge in [0.2, 0.25) is 5.79 Å². The average molecular weight is 827 g/mol. The predicted octanol–water partition coefficient (Wildman–Crippen LogP) is 12.0. The molecule has 0 amide bonds. The Morgan fingerprint density at radius 2 is 1.55 bits per heavy atom. The maximum absolute atomic E-state index is 11.5. The van der Waals surface area contributed by atoms with Gasteiger partial charge in [0, 0.05) is 47.0 Å². The monoisotopic (exact) mass is 825 g/mol. The third-order valence-electron chi connectivity index (χ3n) is 12.9. The van der Waals surface area contributed by atoms with E-state index in [1.807, 2.05) is 55.5 Å². The van der Waals surface area contributed by atoms with Crippen molar-refractivity contribution in [2.24, 2.45) is 23.7 Å². The van der Waals surface area contributed by atoms with Gasteiger partial charge in [-0.3, -0.25) is 0 Å². The van der Waals surface area contributed by atoms with E-state index in [1.165, 1.54) is 6.42 Å². The molecule has 4 heterocycles. The molecule has 6 aliphatic rings. The Labute approximate surface area is 348 Å². The molecule has 304 valence electrons. The molecule has 3 aromatic rings. The van der Waals surface area contributed by atoms with E-state index < -0.39 is 23.8 Å². The van der Waals surface area contributed by atoms with Crippen molar-refractivity contribution in [1.82, 2.24) is 4.90 Å². The Kier molecular flexibility index (Phi) is 13.3. The number of fused-ring (bicyclic) bond motifs is 5. The van der Waals surface area contributed by atoms with Crippen molar-refractivity contribution in [3.63, 3.8) is 0 Å². The minimum Gasteiger partial charge on any atom is -0.387 e. The number of ether oxygens (including phenoxy) is 3. The fourth-order valence-electron chi connectivity index (χ4n) is 9.93. The number of nitrogens with zero attached hydrogens (tertiary/aromatic N) is 1. The van der Waals surface area contributed by atoms with Gasteiger partial charge in [-0.2, -0.15) is 0 Å². The highest BCUT2D eigenvalue weighted by atomic mass is 35.5. The number of methoxy groups -OCH3 is 1. The summed E-state index contributed by atoms with van der Waals surface area (Å²) in [4.78, 5) is 14.2. The minimum absolute atomic E-state index is 0.230. The molecule has 4 aliphatic heterocycles. The van der Waals surface area contributed by atoms with Gasteiger partial charge in [0.1, 0.15) is 0 Å². The summed E-state index contributed by atoms with van der Waals surface area (Å²) in [5, 5.41) is 13.5. The van der Waals surface area contributed by atoms with Crippen molar-refractivity contribution in [2.75, 3.05) is 26.7 Å². The first-order valence-corrected chi connectivity index (χ1v) is 21.8. The number of halogens is 3. The van der Waals surface area contributed by atoms with E-state index in [-0.39, 0.29) is 12.2 Å². The highest BCUT2D eigenvalue weighted by Gasteiger charge is 2.69. The summed E-state index contributed by atoms with van der Waals surface area (Å²) >= 11 is 19.2. The molecule has 0 radical (unpaired) electrons. The number of unbranched alkanes of at least 4 members (excludes halogenated alkanes) is 2. The first-order valence-electron chi connectivity index (χ1n) is 20.7. The normalized spacial score (nSPS) is 31.3. The van der Waals surface area contributed by atoms with Gasteiger partial charge in [-0.1, -0.05) is 93.5 Å². The van der Waals surface area contributed by atoms with Crippen LogP contribution in [0.3, 0.4) is 0 Å². The quantitative estimate of drug-likeness (QED) is 0.151. The molecule has 56 heavy (non-hydrogen) atoms. The van der Waals surface area contributed by atoms with E-state index >= 15 is 0 Å². The van der Waals surface area contributed by atoms with Crippen LogP contribution in [0.1, 0.15) is 114 Å². The number of hydrogen-bond donors (Lipinski definition) is 1. The van der Waals surface area contributed by atoms with Crippen LogP contribution in [0.5, 0.6) is 0 Å². The highest BCUT2D eigenvalue weighted by molar-refractivity contribution is 6.32. The van der Waals surface area contributed by atoms with Crippen LogP contribution in [-0.2, 0) is 24.0 Å². The molecule has 4 saturated heterocycles. The Morgan fingerprint density at radius 3 is 2.25 bits per heavy atom. The second-order valence-corrected chi connectivity index (χ2v) is 18.1. The van der Waals surface area contributed by atoms with Gasteiger partial charge in [-0.25, -0.2) is 9.78 Å². The summed E-state index contributed by atoms with van der Waals surface area (Å²) in [5.41, 5.74) is 6.67. The zero-order chi connectivity index (χ0) is 39.8. The lowest BCUT2D eigenvalue weighted by Crippen LogP contribution is -2.70. The van der Waals surface area contributed by atoms with Gasteiger partial charge >= 0.3 is 0 Å². The van der Waals surface area contributed by atoms with Crippen LogP contribution < -0.4 is 0 Å². The first-order chi connectivity index (χ1) is 26.9. The lowest BCUT2D eigenvalue weighted by molar-refractivity contribution is -0.577. The third kappa shape index (κ3) is 8.25. The standard InChI is InChI=1S/C30H32Cl3NO.C16H26O5/c1-3-5-13-34(14-6-4-2)19-29(35)28-18-23(33)17-27-25(15-20-7-9-21(31)10-8-20)26-16-22(32)11-12-24(26)30(27)28;1-9-5-6-12-10(2)13(17-4)18-14-16(12)11(9)7-8-15(3,19-14)20-21-16/h7-12,15-18,29,35H,3-6,13-14,19H2,1-2H3;9-14H,5-8H2,1-4H3/b25-15-;/t;9-,10-,11+,12+,13+,14-,15-,16?/m.1/s1.